The summed E-state index contributed by atoms with van der Waals surface area (Å²) in [4.78, 5) is 30.3. The van der Waals surface area contributed by atoms with E-state index >= 15 is 0 Å². The fraction of sp³-hybridized carbons (Fsp3) is 0.640. The highest BCUT2D eigenvalue weighted by atomic mass is 16.6. The first-order valence-electron chi connectivity index (χ1n) is 12.0. The van der Waals surface area contributed by atoms with E-state index in [0.29, 0.717) is 18.0 Å². The van der Waals surface area contributed by atoms with Crippen LogP contribution in [-0.2, 0) is 23.9 Å². The van der Waals surface area contributed by atoms with E-state index in [9.17, 15) is 9.59 Å². The van der Waals surface area contributed by atoms with Gasteiger partial charge in [-0.15, -0.1) is 0 Å². The number of benzene rings is 1. The SMILES string of the molecule is COc1ccc(/C=N/OCC(CN2CCC(OC(C)=O)CC2)OC(C)=O)cc1OC1CCCC1. The highest BCUT2D eigenvalue weighted by Gasteiger charge is 2.25. The van der Waals surface area contributed by atoms with Crippen molar-refractivity contribution in [3.63, 3.8) is 0 Å². The predicted molar refractivity (Wildman–Crippen MR) is 126 cm³/mol. The van der Waals surface area contributed by atoms with Crippen molar-refractivity contribution in [2.24, 2.45) is 5.16 Å². The van der Waals surface area contributed by atoms with Crippen LogP contribution in [0.25, 0.3) is 0 Å². The van der Waals surface area contributed by atoms with Gasteiger partial charge in [-0.3, -0.25) is 14.5 Å². The smallest absolute Gasteiger partial charge is 0.303 e. The molecule has 1 heterocycles. The second-order valence-electron chi connectivity index (χ2n) is 8.81. The number of hydrogen-bond acceptors (Lipinski definition) is 9. The summed E-state index contributed by atoms with van der Waals surface area (Å²) in [5, 5.41) is 4.07. The van der Waals surface area contributed by atoms with Gasteiger partial charge in [-0.25, -0.2) is 0 Å². The standard InChI is InChI=1S/C25H36N2O7/c1-18(28)32-22-10-12-27(13-11-22)16-23(33-19(2)29)17-31-26-15-20-8-9-24(30-3)25(14-20)34-21-6-4-5-7-21/h8-9,14-15,21-23H,4-7,10-13,16-17H2,1-3H3/b26-15+. The number of piperidine rings is 1. The molecule has 0 radical (unpaired) electrons. The monoisotopic (exact) mass is 476 g/mol. The third-order valence-electron chi connectivity index (χ3n) is 5.98. The summed E-state index contributed by atoms with van der Waals surface area (Å²) >= 11 is 0. The number of rotatable bonds is 11. The Kier molecular flexibility index (Phi) is 10.00. The minimum Gasteiger partial charge on any atom is -0.493 e. The number of carbonyl (C=O) groups excluding carboxylic acids is 2. The maximum atomic E-state index is 11.5. The lowest BCUT2D eigenvalue weighted by Crippen LogP contribution is -2.43. The molecule has 9 heteroatoms. The van der Waals surface area contributed by atoms with Crippen LogP contribution in [0, 0.1) is 0 Å². The largest absolute Gasteiger partial charge is 0.493 e. The molecule has 0 N–H and O–H groups in total. The fourth-order valence-corrected chi connectivity index (χ4v) is 4.37. The van der Waals surface area contributed by atoms with E-state index in [1.54, 1.807) is 13.3 Å². The van der Waals surface area contributed by atoms with Crippen LogP contribution in [0.15, 0.2) is 23.4 Å². The number of hydrogen-bond donors (Lipinski definition) is 0. The van der Waals surface area contributed by atoms with Crippen molar-refractivity contribution in [2.75, 3.05) is 33.4 Å². The minimum atomic E-state index is -0.447. The molecule has 34 heavy (non-hydrogen) atoms. The highest BCUT2D eigenvalue weighted by molar-refractivity contribution is 5.80. The number of methoxy groups -OCH3 is 1. The van der Waals surface area contributed by atoms with Crippen LogP contribution in [0.1, 0.15) is 57.9 Å². The van der Waals surface area contributed by atoms with Crippen LogP contribution in [0.3, 0.4) is 0 Å². The van der Waals surface area contributed by atoms with E-state index in [2.05, 4.69) is 10.1 Å². The zero-order chi connectivity index (χ0) is 24.3. The molecule has 0 amide bonds. The van der Waals surface area contributed by atoms with Gasteiger partial charge in [0.1, 0.15) is 6.10 Å². The minimum absolute atomic E-state index is 0.0474. The van der Waals surface area contributed by atoms with Crippen LogP contribution in [0.2, 0.25) is 0 Å². The molecule has 2 fully saturated rings. The molecule has 9 nitrogen and oxygen atoms in total. The van der Waals surface area contributed by atoms with E-state index in [1.165, 1.54) is 26.7 Å². The lowest BCUT2D eigenvalue weighted by atomic mass is 10.1. The molecule has 0 spiro atoms. The summed E-state index contributed by atoms with van der Waals surface area (Å²) in [5.41, 5.74) is 0.824. The van der Waals surface area contributed by atoms with Crippen molar-refractivity contribution < 1.29 is 33.4 Å². The first-order chi connectivity index (χ1) is 16.4. The normalized spacial score (nSPS) is 18.6. The van der Waals surface area contributed by atoms with Gasteiger partial charge in [0.15, 0.2) is 24.2 Å². The highest BCUT2D eigenvalue weighted by Crippen LogP contribution is 2.32. The predicted octanol–water partition coefficient (Wildman–Crippen LogP) is 3.33. The van der Waals surface area contributed by atoms with Gasteiger partial charge in [0.25, 0.3) is 0 Å². The van der Waals surface area contributed by atoms with E-state index < -0.39 is 6.10 Å². The Hall–Kier alpha value is -2.81. The average Bonchev–Trinajstić information content (AvgIpc) is 3.30. The summed E-state index contributed by atoms with van der Waals surface area (Å²) < 4.78 is 22.2. The Labute approximate surface area is 201 Å². The number of carbonyl (C=O) groups is 2. The molecular weight excluding hydrogens is 440 g/mol. The third kappa shape index (κ3) is 8.52. The summed E-state index contributed by atoms with van der Waals surface area (Å²) in [7, 11) is 1.63. The average molecular weight is 477 g/mol. The Morgan fingerprint density at radius 3 is 2.44 bits per heavy atom. The molecule has 1 atom stereocenters. The first kappa shape index (κ1) is 25.8. The van der Waals surface area contributed by atoms with Crippen LogP contribution < -0.4 is 9.47 Å². The van der Waals surface area contributed by atoms with Gasteiger partial charge in [0.05, 0.1) is 19.4 Å². The fourth-order valence-electron chi connectivity index (χ4n) is 4.37. The summed E-state index contributed by atoms with van der Waals surface area (Å²) in [6, 6.07) is 5.62. The van der Waals surface area contributed by atoms with Crippen molar-refractivity contribution in [3.8, 4) is 11.5 Å². The molecule has 1 saturated heterocycles. The zero-order valence-corrected chi connectivity index (χ0v) is 20.4. The Morgan fingerprint density at radius 2 is 1.79 bits per heavy atom. The van der Waals surface area contributed by atoms with Crippen molar-refractivity contribution in [1.29, 1.82) is 0 Å². The van der Waals surface area contributed by atoms with Crippen LogP contribution in [0.4, 0.5) is 0 Å². The molecule has 1 aliphatic carbocycles. The molecule has 3 rings (SSSR count). The molecule has 1 aromatic rings. The molecule has 0 bridgehead atoms. The van der Waals surface area contributed by atoms with Crippen LogP contribution in [0.5, 0.6) is 11.5 Å². The van der Waals surface area contributed by atoms with Gasteiger partial charge in [0, 0.05) is 39.0 Å². The molecule has 2 aliphatic rings. The van der Waals surface area contributed by atoms with Gasteiger partial charge in [-0.05, 0) is 56.7 Å². The second kappa shape index (κ2) is 13.2. The summed E-state index contributed by atoms with van der Waals surface area (Å²) in [6.07, 6.45) is 7.35. The topological polar surface area (TPSA) is 95.9 Å². The lowest BCUT2D eigenvalue weighted by molar-refractivity contribution is -0.153. The van der Waals surface area contributed by atoms with Crippen molar-refractivity contribution in [2.45, 2.75) is 70.7 Å². The van der Waals surface area contributed by atoms with Gasteiger partial charge >= 0.3 is 11.9 Å². The van der Waals surface area contributed by atoms with Crippen molar-refractivity contribution in [3.05, 3.63) is 23.8 Å². The number of esters is 2. The lowest BCUT2D eigenvalue weighted by Gasteiger charge is -2.33. The van der Waals surface area contributed by atoms with Crippen molar-refractivity contribution >= 4 is 18.2 Å². The Balaban J connectivity index is 1.50. The van der Waals surface area contributed by atoms with Crippen LogP contribution >= 0.6 is 0 Å². The van der Waals surface area contributed by atoms with E-state index in [0.717, 1.165) is 44.3 Å². The molecule has 188 valence electrons. The summed E-state index contributed by atoms with van der Waals surface area (Å²) in [5.74, 6) is 0.776. The molecule has 1 saturated carbocycles. The second-order valence-corrected chi connectivity index (χ2v) is 8.81. The molecule has 1 unspecified atom stereocenters. The van der Waals surface area contributed by atoms with Gasteiger partial charge in [-0.1, -0.05) is 5.16 Å². The molecular formula is C25H36N2O7. The maximum Gasteiger partial charge on any atom is 0.303 e. The third-order valence-corrected chi connectivity index (χ3v) is 5.98. The first-order valence-corrected chi connectivity index (χ1v) is 12.0. The van der Waals surface area contributed by atoms with Gasteiger partial charge in [-0.2, -0.15) is 0 Å². The number of ether oxygens (including phenoxy) is 4. The zero-order valence-electron chi connectivity index (χ0n) is 20.4. The number of nitrogens with zero attached hydrogens (tertiary/aromatic N) is 2. The Bertz CT molecular complexity index is 831. The van der Waals surface area contributed by atoms with E-state index in [4.69, 9.17) is 23.8 Å². The van der Waals surface area contributed by atoms with Gasteiger partial charge < -0.3 is 23.8 Å². The molecule has 1 aliphatic heterocycles. The van der Waals surface area contributed by atoms with E-state index in [-0.39, 0.29) is 30.8 Å². The van der Waals surface area contributed by atoms with Gasteiger partial charge in [0.2, 0.25) is 0 Å². The van der Waals surface area contributed by atoms with Crippen LogP contribution in [-0.4, -0.2) is 74.7 Å². The Morgan fingerprint density at radius 1 is 1.06 bits per heavy atom. The number of oxime groups is 1. The quantitative estimate of drug-likeness (QED) is 0.273. The summed E-state index contributed by atoms with van der Waals surface area (Å²) in [6.45, 7) is 5.00. The number of likely N-dealkylation sites (tertiary alicyclic amines) is 1. The molecule has 1 aromatic carbocycles. The van der Waals surface area contributed by atoms with E-state index in [1.807, 2.05) is 18.2 Å². The maximum absolute atomic E-state index is 11.5. The molecule has 0 aromatic heterocycles. The van der Waals surface area contributed by atoms with Crippen molar-refractivity contribution in [1.82, 2.24) is 4.90 Å².